The summed E-state index contributed by atoms with van der Waals surface area (Å²) >= 11 is 0. The van der Waals surface area contributed by atoms with E-state index in [0.717, 1.165) is 36.1 Å². The molecule has 0 radical (unpaired) electrons. The van der Waals surface area contributed by atoms with Crippen LogP contribution in [0.4, 0.5) is 0 Å². The van der Waals surface area contributed by atoms with Gasteiger partial charge in [0.15, 0.2) is 11.5 Å². The Bertz CT molecular complexity index is 893. The Labute approximate surface area is 154 Å². The van der Waals surface area contributed by atoms with E-state index in [1.165, 1.54) is 0 Å². The lowest BCUT2D eigenvalue weighted by atomic mass is 10.0. The molecule has 1 saturated heterocycles. The van der Waals surface area contributed by atoms with Gasteiger partial charge in [0.2, 0.25) is 10.0 Å². The van der Waals surface area contributed by atoms with Gasteiger partial charge >= 0.3 is 0 Å². The molecule has 0 N–H and O–H groups in total. The van der Waals surface area contributed by atoms with Crippen LogP contribution in [0.3, 0.4) is 0 Å². The molecule has 1 fully saturated rings. The Balaban J connectivity index is 1.66. The van der Waals surface area contributed by atoms with Crippen molar-refractivity contribution in [3.63, 3.8) is 0 Å². The normalized spacial score (nSPS) is 20.7. The van der Waals surface area contributed by atoms with Crippen LogP contribution >= 0.6 is 0 Å². The Kier molecular flexibility index (Phi) is 4.63. The molecule has 5 nitrogen and oxygen atoms in total. The maximum absolute atomic E-state index is 13.1. The monoisotopic (exact) mass is 373 g/mol. The number of hydrogen-bond donors (Lipinski definition) is 0. The summed E-state index contributed by atoms with van der Waals surface area (Å²) in [6.45, 7) is 3.75. The number of hydrogen-bond acceptors (Lipinski definition) is 4. The fraction of sp³-hybridized carbons (Fsp3) is 0.400. The molecule has 4 rings (SSSR count). The minimum absolute atomic E-state index is 0.168. The first-order valence-electron chi connectivity index (χ1n) is 9.04. The fourth-order valence-electron chi connectivity index (χ4n) is 3.59. The summed E-state index contributed by atoms with van der Waals surface area (Å²) in [5.74, 6) is 1.44. The summed E-state index contributed by atoms with van der Waals surface area (Å²) in [7, 11) is -3.52. The summed E-state index contributed by atoms with van der Waals surface area (Å²) < 4.78 is 39.4. The second kappa shape index (κ2) is 6.93. The highest BCUT2D eigenvalue weighted by Crippen LogP contribution is 2.40. The molecular formula is C20H23NO4S. The van der Waals surface area contributed by atoms with Crippen molar-refractivity contribution in [3.8, 4) is 11.5 Å². The molecule has 0 amide bonds. The topological polar surface area (TPSA) is 55.8 Å². The standard InChI is InChI=1S/C20H23NO4S/c1-15-5-8-17(9-6-15)26(22,23)21-11-2-4-18(21)16-7-10-19-20(14-16)25-13-3-12-24-19/h5-10,14,18H,2-4,11-13H2,1H3. The number of nitrogens with zero attached hydrogens (tertiary/aromatic N) is 1. The molecule has 2 aliphatic heterocycles. The van der Waals surface area contributed by atoms with Crippen molar-refractivity contribution >= 4 is 10.0 Å². The second-order valence-corrected chi connectivity index (χ2v) is 8.73. The van der Waals surface area contributed by atoms with Crippen molar-refractivity contribution in [3.05, 3.63) is 53.6 Å². The summed E-state index contributed by atoms with van der Waals surface area (Å²) in [6, 6.07) is 12.7. The highest BCUT2D eigenvalue weighted by atomic mass is 32.2. The second-order valence-electron chi connectivity index (χ2n) is 6.84. The van der Waals surface area contributed by atoms with Gasteiger partial charge in [0, 0.05) is 13.0 Å². The summed E-state index contributed by atoms with van der Waals surface area (Å²) in [4.78, 5) is 0.351. The van der Waals surface area contributed by atoms with Crippen LogP contribution < -0.4 is 9.47 Å². The Morgan fingerprint density at radius 3 is 2.46 bits per heavy atom. The molecule has 26 heavy (non-hydrogen) atoms. The van der Waals surface area contributed by atoms with E-state index >= 15 is 0 Å². The highest BCUT2D eigenvalue weighted by Gasteiger charge is 2.36. The highest BCUT2D eigenvalue weighted by molar-refractivity contribution is 7.89. The van der Waals surface area contributed by atoms with Gasteiger partial charge in [-0.2, -0.15) is 4.31 Å². The number of ether oxygens (including phenoxy) is 2. The molecule has 0 aliphatic carbocycles. The first-order valence-corrected chi connectivity index (χ1v) is 10.5. The largest absolute Gasteiger partial charge is 0.490 e. The van der Waals surface area contributed by atoms with Gasteiger partial charge < -0.3 is 9.47 Å². The van der Waals surface area contributed by atoms with E-state index in [1.807, 2.05) is 37.3 Å². The van der Waals surface area contributed by atoms with Gasteiger partial charge in [0.25, 0.3) is 0 Å². The quantitative estimate of drug-likeness (QED) is 0.823. The summed E-state index contributed by atoms with van der Waals surface area (Å²) in [6.07, 6.45) is 2.51. The molecule has 138 valence electrons. The average molecular weight is 373 g/mol. The van der Waals surface area contributed by atoms with Crippen molar-refractivity contribution in [1.82, 2.24) is 4.31 Å². The zero-order valence-corrected chi connectivity index (χ0v) is 15.7. The zero-order valence-electron chi connectivity index (χ0n) is 14.8. The van der Waals surface area contributed by atoms with Crippen LogP contribution in [-0.4, -0.2) is 32.5 Å². The van der Waals surface area contributed by atoms with Crippen LogP contribution in [0.2, 0.25) is 0 Å². The molecule has 2 aromatic rings. The van der Waals surface area contributed by atoms with E-state index in [9.17, 15) is 8.42 Å². The van der Waals surface area contributed by atoms with Crippen LogP contribution in [-0.2, 0) is 10.0 Å². The van der Waals surface area contributed by atoms with Gasteiger partial charge in [-0.3, -0.25) is 0 Å². The van der Waals surface area contributed by atoms with Crippen LogP contribution in [0.25, 0.3) is 0 Å². The van der Waals surface area contributed by atoms with E-state index in [-0.39, 0.29) is 6.04 Å². The molecule has 2 aliphatic rings. The maximum atomic E-state index is 13.1. The molecule has 2 heterocycles. The lowest BCUT2D eigenvalue weighted by Gasteiger charge is -2.25. The van der Waals surface area contributed by atoms with Gasteiger partial charge in [0.05, 0.1) is 24.2 Å². The first-order chi connectivity index (χ1) is 12.6. The van der Waals surface area contributed by atoms with Crippen molar-refractivity contribution in [2.75, 3.05) is 19.8 Å². The molecule has 6 heteroatoms. The van der Waals surface area contributed by atoms with Crippen molar-refractivity contribution in [2.24, 2.45) is 0 Å². The Morgan fingerprint density at radius 2 is 1.69 bits per heavy atom. The summed E-state index contributed by atoms with van der Waals surface area (Å²) in [5.41, 5.74) is 2.01. The Morgan fingerprint density at radius 1 is 0.962 bits per heavy atom. The third kappa shape index (κ3) is 3.19. The predicted octanol–water partition coefficient (Wildman–Crippen LogP) is 3.68. The predicted molar refractivity (Wildman–Crippen MR) is 99.1 cm³/mol. The van der Waals surface area contributed by atoms with Crippen molar-refractivity contribution in [1.29, 1.82) is 0 Å². The molecular weight excluding hydrogens is 350 g/mol. The molecule has 0 saturated carbocycles. The Hall–Kier alpha value is -2.05. The fourth-order valence-corrected chi connectivity index (χ4v) is 5.28. The number of aryl methyl sites for hydroxylation is 1. The smallest absolute Gasteiger partial charge is 0.243 e. The number of benzene rings is 2. The van der Waals surface area contributed by atoms with Crippen LogP contribution in [0, 0.1) is 6.92 Å². The first kappa shape index (κ1) is 17.4. The van der Waals surface area contributed by atoms with E-state index in [2.05, 4.69) is 0 Å². The van der Waals surface area contributed by atoms with Gasteiger partial charge in [-0.05, 0) is 49.6 Å². The maximum Gasteiger partial charge on any atom is 0.243 e. The molecule has 0 aromatic heterocycles. The lowest BCUT2D eigenvalue weighted by Crippen LogP contribution is -2.30. The van der Waals surface area contributed by atoms with Gasteiger partial charge in [-0.1, -0.05) is 23.8 Å². The van der Waals surface area contributed by atoms with Gasteiger partial charge in [-0.25, -0.2) is 8.42 Å². The molecule has 0 bridgehead atoms. The molecule has 1 unspecified atom stereocenters. The third-order valence-electron chi connectivity index (χ3n) is 4.99. The zero-order chi connectivity index (χ0) is 18.1. The minimum atomic E-state index is -3.52. The third-order valence-corrected chi connectivity index (χ3v) is 6.91. The minimum Gasteiger partial charge on any atom is -0.490 e. The lowest BCUT2D eigenvalue weighted by molar-refractivity contribution is 0.296. The van der Waals surface area contributed by atoms with E-state index in [0.29, 0.717) is 30.4 Å². The number of rotatable bonds is 3. The van der Waals surface area contributed by atoms with Gasteiger partial charge in [-0.15, -0.1) is 0 Å². The number of fused-ring (bicyclic) bond motifs is 1. The van der Waals surface area contributed by atoms with Crippen LogP contribution in [0.5, 0.6) is 11.5 Å². The van der Waals surface area contributed by atoms with Gasteiger partial charge in [0.1, 0.15) is 0 Å². The molecule has 1 atom stereocenters. The van der Waals surface area contributed by atoms with E-state index < -0.39 is 10.0 Å². The molecule has 0 spiro atoms. The van der Waals surface area contributed by atoms with E-state index in [4.69, 9.17) is 9.47 Å². The van der Waals surface area contributed by atoms with E-state index in [1.54, 1.807) is 16.4 Å². The van der Waals surface area contributed by atoms with Crippen LogP contribution in [0.1, 0.15) is 36.4 Å². The van der Waals surface area contributed by atoms with Crippen molar-refractivity contribution in [2.45, 2.75) is 37.1 Å². The van der Waals surface area contributed by atoms with Crippen LogP contribution in [0.15, 0.2) is 47.4 Å². The number of sulfonamides is 1. The van der Waals surface area contributed by atoms with Crippen molar-refractivity contribution < 1.29 is 17.9 Å². The summed E-state index contributed by atoms with van der Waals surface area (Å²) in [5, 5.41) is 0. The SMILES string of the molecule is Cc1ccc(S(=O)(=O)N2CCCC2c2ccc3c(c2)OCCCO3)cc1. The average Bonchev–Trinajstić information content (AvgIpc) is 3.02. The molecule has 2 aromatic carbocycles.